The molecule has 2 aromatic rings. The highest BCUT2D eigenvalue weighted by molar-refractivity contribution is 5.93. The van der Waals surface area contributed by atoms with Gasteiger partial charge in [0.2, 0.25) is 17.7 Å². The molecule has 3 amide bonds. The van der Waals surface area contributed by atoms with E-state index < -0.39 is 41.6 Å². The fourth-order valence-electron chi connectivity index (χ4n) is 4.72. The van der Waals surface area contributed by atoms with E-state index in [-0.39, 0.29) is 30.6 Å². The molecule has 0 unspecified atom stereocenters. The molecule has 1 aliphatic carbocycles. The van der Waals surface area contributed by atoms with E-state index in [0.717, 1.165) is 12.8 Å². The molecule has 3 atom stereocenters. The number of hydrogen-bond donors (Lipinski definition) is 3. The van der Waals surface area contributed by atoms with Gasteiger partial charge in [0.25, 0.3) is 0 Å². The quantitative estimate of drug-likeness (QED) is 0.553. The van der Waals surface area contributed by atoms with Gasteiger partial charge in [0.15, 0.2) is 11.6 Å². The largest absolute Gasteiger partial charge is 0.489 e. The minimum Gasteiger partial charge on any atom is -0.489 e. The van der Waals surface area contributed by atoms with Crippen molar-refractivity contribution in [1.29, 1.82) is 0 Å². The molecule has 0 radical (unpaired) electrons. The second-order valence-corrected chi connectivity index (χ2v) is 10.3. The maximum atomic E-state index is 14.6. The minimum absolute atomic E-state index is 0.149. The number of rotatable bonds is 3. The number of nitrogens with zero attached hydrogens (tertiary/aromatic N) is 1. The summed E-state index contributed by atoms with van der Waals surface area (Å²) in [5.74, 6) is -1.62. The highest BCUT2D eigenvalue weighted by Crippen LogP contribution is 2.33. The van der Waals surface area contributed by atoms with Gasteiger partial charge in [-0.3, -0.25) is 14.4 Å². The molecule has 2 aliphatic rings. The van der Waals surface area contributed by atoms with Crippen molar-refractivity contribution in [3.63, 3.8) is 0 Å². The summed E-state index contributed by atoms with van der Waals surface area (Å²) in [6, 6.07) is 8.22. The number of amides is 3. The lowest BCUT2D eigenvalue weighted by Gasteiger charge is -2.30. The normalized spacial score (nSPS) is 24.1. The summed E-state index contributed by atoms with van der Waals surface area (Å²) in [6.45, 7) is 2.42. The molecular formula is C29H36F2N4O4. The van der Waals surface area contributed by atoms with Gasteiger partial charge in [-0.05, 0) is 67.9 Å². The molecule has 1 saturated carbocycles. The highest BCUT2D eigenvalue weighted by Gasteiger charge is 2.39. The molecule has 4 rings (SSSR count). The predicted molar refractivity (Wildman–Crippen MR) is 142 cm³/mol. The average Bonchev–Trinajstić information content (AvgIpc) is 3.76. The molecule has 0 aromatic heterocycles. The van der Waals surface area contributed by atoms with Crippen molar-refractivity contribution in [2.24, 2.45) is 5.92 Å². The first-order valence-corrected chi connectivity index (χ1v) is 13.5. The summed E-state index contributed by atoms with van der Waals surface area (Å²) in [4.78, 5) is 41.1. The molecule has 1 fully saturated rings. The number of carbonyl (C=O) groups is 3. The van der Waals surface area contributed by atoms with Gasteiger partial charge in [0.1, 0.15) is 24.5 Å². The maximum absolute atomic E-state index is 14.6. The van der Waals surface area contributed by atoms with Crippen molar-refractivity contribution in [3.8, 4) is 5.75 Å². The van der Waals surface area contributed by atoms with Crippen LogP contribution in [0.1, 0.15) is 37.3 Å². The van der Waals surface area contributed by atoms with E-state index in [1.165, 1.54) is 23.1 Å². The Morgan fingerprint density at radius 1 is 1.00 bits per heavy atom. The number of ether oxygens (including phenoxy) is 1. The number of aryl methyl sites for hydroxylation is 1. The van der Waals surface area contributed by atoms with E-state index in [1.54, 1.807) is 38.2 Å². The molecule has 0 bridgehead atoms. The summed E-state index contributed by atoms with van der Waals surface area (Å²) < 4.78 is 33.8. The van der Waals surface area contributed by atoms with E-state index >= 15 is 0 Å². The molecule has 2 aromatic carbocycles. The number of likely N-dealkylation sites (N-methyl/N-ethyl adjacent to an activating group) is 1. The smallest absolute Gasteiger partial charge is 0.243 e. The van der Waals surface area contributed by atoms with Crippen molar-refractivity contribution in [3.05, 3.63) is 65.2 Å². The van der Waals surface area contributed by atoms with Crippen molar-refractivity contribution in [2.75, 3.05) is 26.7 Å². The predicted octanol–water partition coefficient (Wildman–Crippen LogP) is 2.35. The lowest BCUT2D eigenvalue weighted by molar-refractivity contribution is -0.141. The van der Waals surface area contributed by atoms with Gasteiger partial charge in [-0.1, -0.05) is 24.3 Å². The standard InChI is InChI=1S/C29H36F2N4O4/c1-18-27(36)34-24(17-19-8-12-22(30)13-9-19)28(37)33-14-4-6-21-5-3-7-23(31)26(21)39-16-15-32-25(20-10-11-20)29(38)35(18)2/h3,5,7-9,12-13,18,20,24-25,32H,4,6,10-11,14-17H2,1-2H3,(H,33,37)(H,34,36)/t18-,24-,25+/m1/s1. The zero-order valence-corrected chi connectivity index (χ0v) is 22.3. The number of hydrogen-bond acceptors (Lipinski definition) is 5. The van der Waals surface area contributed by atoms with Crippen LogP contribution in [0.2, 0.25) is 0 Å². The van der Waals surface area contributed by atoms with Crippen LogP contribution >= 0.6 is 0 Å². The summed E-state index contributed by atoms with van der Waals surface area (Å²) >= 11 is 0. The van der Waals surface area contributed by atoms with E-state index in [2.05, 4.69) is 16.0 Å². The molecule has 210 valence electrons. The number of nitrogens with one attached hydrogen (secondary N) is 3. The molecule has 1 heterocycles. The monoisotopic (exact) mass is 542 g/mol. The first-order chi connectivity index (χ1) is 18.7. The van der Waals surface area contributed by atoms with E-state index in [9.17, 15) is 23.2 Å². The number of benzene rings is 2. The summed E-state index contributed by atoms with van der Waals surface area (Å²) in [7, 11) is 1.57. The summed E-state index contributed by atoms with van der Waals surface area (Å²) in [5, 5.41) is 8.88. The Labute approximate surface area is 227 Å². The Bertz CT molecular complexity index is 1170. The SMILES string of the molecule is C[C@@H]1C(=O)N[C@H](Cc2ccc(F)cc2)C(=O)NCCCc2cccc(F)c2OCCN[C@@H](C2CC2)C(=O)N1C. The van der Waals surface area contributed by atoms with Crippen LogP contribution in [-0.2, 0) is 27.2 Å². The zero-order chi connectivity index (χ0) is 27.9. The Balaban J connectivity index is 1.56. The van der Waals surface area contributed by atoms with Crippen LogP contribution in [0.3, 0.4) is 0 Å². The third kappa shape index (κ3) is 7.53. The number of fused-ring (bicyclic) bond motifs is 1. The Morgan fingerprint density at radius 3 is 2.46 bits per heavy atom. The minimum atomic E-state index is -0.932. The van der Waals surface area contributed by atoms with Crippen molar-refractivity contribution in [2.45, 2.75) is 57.2 Å². The van der Waals surface area contributed by atoms with Gasteiger partial charge in [-0.25, -0.2) is 8.78 Å². The van der Waals surface area contributed by atoms with Crippen LogP contribution in [0, 0.1) is 17.6 Å². The first kappa shape index (κ1) is 28.5. The van der Waals surface area contributed by atoms with Gasteiger partial charge in [0, 0.05) is 26.6 Å². The van der Waals surface area contributed by atoms with Crippen molar-refractivity contribution >= 4 is 17.7 Å². The van der Waals surface area contributed by atoms with Crippen LogP contribution < -0.4 is 20.7 Å². The highest BCUT2D eigenvalue weighted by atomic mass is 19.1. The van der Waals surface area contributed by atoms with Crippen LogP contribution in [0.15, 0.2) is 42.5 Å². The van der Waals surface area contributed by atoms with E-state index in [0.29, 0.717) is 37.1 Å². The van der Waals surface area contributed by atoms with E-state index in [4.69, 9.17) is 4.74 Å². The molecule has 0 spiro atoms. The lowest BCUT2D eigenvalue weighted by Crippen LogP contribution is -2.56. The summed E-state index contributed by atoms with van der Waals surface area (Å²) in [6.07, 6.45) is 2.95. The van der Waals surface area contributed by atoms with Crippen molar-refractivity contribution in [1.82, 2.24) is 20.9 Å². The average molecular weight is 543 g/mol. The van der Waals surface area contributed by atoms with Crippen LogP contribution in [0.25, 0.3) is 0 Å². The maximum Gasteiger partial charge on any atom is 0.243 e. The van der Waals surface area contributed by atoms with Gasteiger partial charge < -0.3 is 25.6 Å². The fourth-order valence-corrected chi connectivity index (χ4v) is 4.72. The third-order valence-electron chi connectivity index (χ3n) is 7.34. The zero-order valence-electron chi connectivity index (χ0n) is 22.3. The van der Waals surface area contributed by atoms with Crippen LogP contribution in [0.4, 0.5) is 8.78 Å². The lowest BCUT2D eigenvalue weighted by atomic mass is 10.0. The number of para-hydroxylation sites is 1. The van der Waals surface area contributed by atoms with Gasteiger partial charge >= 0.3 is 0 Å². The second-order valence-electron chi connectivity index (χ2n) is 10.3. The second kappa shape index (κ2) is 13.0. The number of halogens is 2. The van der Waals surface area contributed by atoms with Gasteiger partial charge in [-0.15, -0.1) is 0 Å². The van der Waals surface area contributed by atoms with Gasteiger partial charge in [-0.2, -0.15) is 0 Å². The van der Waals surface area contributed by atoms with Crippen molar-refractivity contribution < 1.29 is 27.9 Å². The Hall–Kier alpha value is -3.53. The molecule has 8 nitrogen and oxygen atoms in total. The summed E-state index contributed by atoms with van der Waals surface area (Å²) in [5.41, 5.74) is 1.36. The Kier molecular flexibility index (Phi) is 9.50. The third-order valence-corrected chi connectivity index (χ3v) is 7.34. The number of carbonyl (C=O) groups excluding carboxylic acids is 3. The first-order valence-electron chi connectivity index (χ1n) is 13.5. The molecule has 3 N–H and O–H groups in total. The van der Waals surface area contributed by atoms with E-state index in [1.807, 2.05) is 0 Å². The fraction of sp³-hybridized carbons (Fsp3) is 0.483. The molecular weight excluding hydrogens is 506 g/mol. The van der Waals surface area contributed by atoms with Crippen LogP contribution in [-0.4, -0.2) is 67.5 Å². The van der Waals surface area contributed by atoms with Gasteiger partial charge in [0.05, 0.1) is 6.04 Å². The van der Waals surface area contributed by atoms with Crippen LogP contribution in [0.5, 0.6) is 5.75 Å². The molecule has 39 heavy (non-hydrogen) atoms. The molecule has 10 heteroatoms. The molecule has 0 saturated heterocycles. The molecule has 1 aliphatic heterocycles. The topological polar surface area (TPSA) is 99.8 Å². The Morgan fingerprint density at radius 2 is 1.74 bits per heavy atom.